The first-order valence-corrected chi connectivity index (χ1v) is 7.43. The van der Waals surface area contributed by atoms with Crippen molar-refractivity contribution in [2.24, 2.45) is 0 Å². The van der Waals surface area contributed by atoms with Crippen LogP contribution in [0.25, 0.3) is 11.0 Å². The Morgan fingerprint density at radius 3 is 2.68 bits per heavy atom. The molecule has 0 spiro atoms. The van der Waals surface area contributed by atoms with Gasteiger partial charge in [0.15, 0.2) is 0 Å². The van der Waals surface area contributed by atoms with Crippen molar-refractivity contribution in [3.05, 3.63) is 59.4 Å². The Labute approximate surface area is 130 Å². The highest BCUT2D eigenvalue weighted by Gasteiger charge is 2.10. The zero-order valence-corrected chi connectivity index (χ0v) is 12.9. The number of fused-ring (bicyclic) bond motifs is 1. The summed E-state index contributed by atoms with van der Waals surface area (Å²) in [6, 6.07) is 14.1. The number of aryl methyl sites for hydroxylation is 2. The molecule has 3 aromatic rings. The van der Waals surface area contributed by atoms with E-state index in [2.05, 4.69) is 11.1 Å². The molecule has 114 valence electrons. The quantitative estimate of drug-likeness (QED) is 0.786. The molecule has 0 atom stereocenters. The van der Waals surface area contributed by atoms with E-state index in [4.69, 9.17) is 4.74 Å². The van der Waals surface area contributed by atoms with Crippen molar-refractivity contribution in [1.29, 1.82) is 0 Å². The number of ether oxygens (including phenoxy) is 1. The van der Waals surface area contributed by atoms with Gasteiger partial charge in [-0.05, 0) is 49.2 Å². The molecule has 1 aromatic heterocycles. The topological polar surface area (TPSA) is 47.3 Å². The average molecular weight is 296 g/mol. The van der Waals surface area contributed by atoms with E-state index in [1.807, 2.05) is 54.8 Å². The molecule has 0 fully saturated rings. The van der Waals surface area contributed by atoms with Gasteiger partial charge in [-0.2, -0.15) is 0 Å². The van der Waals surface area contributed by atoms with E-state index >= 15 is 0 Å². The van der Waals surface area contributed by atoms with Crippen LogP contribution in [0.1, 0.15) is 17.0 Å². The molecule has 0 amide bonds. The summed E-state index contributed by atoms with van der Waals surface area (Å²) in [4.78, 5) is 4.49. The normalized spacial score (nSPS) is 11.0. The molecule has 4 heteroatoms. The standard InChI is InChI=1S/C18H20N2O2/c1-13-4-3-5-15(10-13)22-9-8-20-17-7-6-14(2)11-16(17)19-18(20)12-21/h3-7,10-11,21H,8-9,12H2,1-2H3. The van der Waals surface area contributed by atoms with E-state index in [0.717, 1.165) is 22.3 Å². The number of hydrogen-bond donors (Lipinski definition) is 1. The van der Waals surface area contributed by atoms with Gasteiger partial charge in [-0.15, -0.1) is 0 Å². The zero-order chi connectivity index (χ0) is 15.5. The lowest BCUT2D eigenvalue weighted by molar-refractivity contribution is 0.255. The fourth-order valence-corrected chi connectivity index (χ4v) is 2.62. The van der Waals surface area contributed by atoms with Gasteiger partial charge < -0.3 is 14.4 Å². The van der Waals surface area contributed by atoms with Crippen molar-refractivity contribution < 1.29 is 9.84 Å². The number of hydrogen-bond acceptors (Lipinski definition) is 3. The van der Waals surface area contributed by atoms with Gasteiger partial charge in [-0.1, -0.05) is 18.2 Å². The van der Waals surface area contributed by atoms with Gasteiger partial charge in [-0.3, -0.25) is 0 Å². The van der Waals surface area contributed by atoms with Gasteiger partial charge in [0.2, 0.25) is 0 Å². The summed E-state index contributed by atoms with van der Waals surface area (Å²) < 4.78 is 7.82. The molecule has 0 saturated carbocycles. The molecule has 0 aliphatic rings. The van der Waals surface area contributed by atoms with Crippen molar-refractivity contribution >= 4 is 11.0 Å². The summed E-state index contributed by atoms with van der Waals surface area (Å²) in [7, 11) is 0. The molecule has 0 bridgehead atoms. The summed E-state index contributed by atoms with van der Waals surface area (Å²) in [6.45, 7) is 5.21. The summed E-state index contributed by atoms with van der Waals surface area (Å²) in [6.07, 6.45) is 0. The number of benzene rings is 2. The van der Waals surface area contributed by atoms with Gasteiger partial charge >= 0.3 is 0 Å². The highest BCUT2D eigenvalue weighted by atomic mass is 16.5. The van der Waals surface area contributed by atoms with Crippen molar-refractivity contribution in [3.63, 3.8) is 0 Å². The highest BCUT2D eigenvalue weighted by Crippen LogP contribution is 2.18. The number of aliphatic hydroxyl groups is 1. The molecule has 2 aromatic carbocycles. The van der Waals surface area contributed by atoms with Crippen LogP contribution < -0.4 is 4.74 Å². The van der Waals surface area contributed by atoms with E-state index in [1.54, 1.807) is 0 Å². The molecule has 0 aliphatic heterocycles. The third kappa shape index (κ3) is 2.97. The first-order valence-electron chi connectivity index (χ1n) is 7.43. The SMILES string of the molecule is Cc1cccc(OCCn2c(CO)nc3cc(C)ccc32)c1. The Morgan fingerprint density at radius 2 is 1.91 bits per heavy atom. The van der Waals surface area contributed by atoms with Gasteiger partial charge in [0.05, 0.1) is 17.6 Å². The van der Waals surface area contributed by atoms with E-state index < -0.39 is 0 Å². The van der Waals surface area contributed by atoms with Gasteiger partial charge in [0.25, 0.3) is 0 Å². The summed E-state index contributed by atoms with van der Waals surface area (Å²) in [5, 5.41) is 9.52. The molecule has 22 heavy (non-hydrogen) atoms. The molecule has 1 heterocycles. The second kappa shape index (κ2) is 6.20. The second-order valence-electron chi connectivity index (χ2n) is 5.49. The monoisotopic (exact) mass is 296 g/mol. The maximum absolute atomic E-state index is 9.52. The maximum Gasteiger partial charge on any atom is 0.135 e. The fraction of sp³-hybridized carbons (Fsp3) is 0.278. The van der Waals surface area contributed by atoms with Crippen LogP contribution in [-0.4, -0.2) is 21.3 Å². The number of nitrogens with zero attached hydrogens (tertiary/aromatic N) is 2. The predicted molar refractivity (Wildman–Crippen MR) is 87.1 cm³/mol. The third-order valence-electron chi connectivity index (χ3n) is 3.70. The van der Waals surface area contributed by atoms with Crippen molar-refractivity contribution in [2.45, 2.75) is 27.0 Å². The van der Waals surface area contributed by atoms with Gasteiger partial charge in [0.1, 0.15) is 24.8 Å². The minimum absolute atomic E-state index is 0.0713. The Morgan fingerprint density at radius 1 is 1.09 bits per heavy atom. The lowest BCUT2D eigenvalue weighted by Gasteiger charge is -2.10. The minimum atomic E-state index is -0.0713. The summed E-state index contributed by atoms with van der Waals surface area (Å²) >= 11 is 0. The predicted octanol–water partition coefficient (Wildman–Crippen LogP) is 3.22. The zero-order valence-electron chi connectivity index (χ0n) is 12.9. The van der Waals surface area contributed by atoms with Crippen molar-refractivity contribution in [2.75, 3.05) is 6.61 Å². The van der Waals surface area contributed by atoms with Crippen molar-refractivity contribution in [1.82, 2.24) is 9.55 Å². The number of aliphatic hydroxyl groups excluding tert-OH is 1. The molecule has 3 rings (SSSR count). The minimum Gasteiger partial charge on any atom is -0.492 e. The molecule has 0 unspecified atom stereocenters. The first-order chi connectivity index (χ1) is 10.7. The van der Waals surface area contributed by atoms with Crippen LogP contribution in [0.5, 0.6) is 5.75 Å². The van der Waals surface area contributed by atoms with Crippen LogP contribution in [0, 0.1) is 13.8 Å². The van der Waals surface area contributed by atoms with E-state index in [0.29, 0.717) is 19.0 Å². The molecule has 1 N–H and O–H groups in total. The Hall–Kier alpha value is -2.33. The van der Waals surface area contributed by atoms with Crippen LogP contribution >= 0.6 is 0 Å². The largest absolute Gasteiger partial charge is 0.492 e. The third-order valence-corrected chi connectivity index (χ3v) is 3.70. The van der Waals surface area contributed by atoms with Crippen LogP contribution in [0.3, 0.4) is 0 Å². The summed E-state index contributed by atoms with van der Waals surface area (Å²) in [5.74, 6) is 1.54. The summed E-state index contributed by atoms with van der Waals surface area (Å²) in [5.41, 5.74) is 4.29. The van der Waals surface area contributed by atoms with E-state index in [-0.39, 0.29) is 6.61 Å². The Bertz CT molecular complexity index is 793. The van der Waals surface area contributed by atoms with Crippen molar-refractivity contribution in [3.8, 4) is 5.75 Å². The molecule has 0 radical (unpaired) electrons. The van der Waals surface area contributed by atoms with E-state index in [1.165, 1.54) is 5.56 Å². The lowest BCUT2D eigenvalue weighted by Crippen LogP contribution is -2.11. The Balaban J connectivity index is 1.78. The average Bonchev–Trinajstić information content (AvgIpc) is 2.84. The lowest BCUT2D eigenvalue weighted by atomic mass is 10.2. The van der Waals surface area contributed by atoms with Crippen LogP contribution in [0.15, 0.2) is 42.5 Å². The van der Waals surface area contributed by atoms with Crippen LogP contribution in [0.2, 0.25) is 0 Å². The molecular weight excluding hydrogens is 276 g/mol. The van der Waals surface area contributed by atoms with Gasteiger partial charge in [0, 0.05) is 0 Å². The Kier molecular flexibility index (Phi) is 4.11. The molecule has 4 nitrogen and oxygen atoms in total. The molecular formula is C18H20N2O2. The van der Waals surface area contributed by atoms with E-state index in [9.17, 15) is 5.11 Å². The smallest absolute Gasteiger partial charge is 0.135 e. The van der Waals surface area contributed by atoms with Gasteiger partial charge in [-0.25, -0.2) is 4.98 Å². The second-order valence-corrected chi connectivity index (χ2v) is 5.49. The number of aromatic nitrogens is 2. The van der Waals surface area contributed by atoms with Crippen LogP contribution in [0.4, 0.5) is 0 Å². The molecule has 0 saturated heterocycles. The van der Waals surface area contributed by atoms with Crippen LogP contribution in [-0.2, 0) is 13.2 Å². The molecule has 0 aliphatic carbocycles. The number of rotatable bonds is 5. The first kappa shape index (κ1) is 14.6. The maximum atomic E-state index is 9.52. The fourth-order valence-electron chi connectivity index (χ4n) is 2.62. The number of imidazole rings is 1. The highest BCUT2D eigenvalue weighted by molar-refractivity contribution is 5.76.